The van der Waals surface area contributed by atoms with Gasteiger partial charge in [-0.15, -0.1) is 10.2 Å². The highest BCUT2D eigenvalue weighted by Crippen LogP contribution is 2.31. The van der Waals surface area contributed by atoms with E-state index in [1.54, 1.807) is 6.07 Å². The second-order valence-electron chi connectivity index (χ2n) is 7.63. The van der Waals surface area contributed by atoms with Crippen LogP contribution in [0.4, 0.5) is 0 Å². The molecule has 0 amide bonds. The fourth-order valence-electron chi connectivity index (χ4n) is 3.79. The summed E-state index contributed by atoms with van der Waals surface area (Å²) in [6.07, 6.45) is 1.64. The van der Waals surface area contributed by atoms with Gasteiger partial charge in [-0.05, 0) is 46.5 Å². The average molecular weight is 435 g/mol. The molecule has 7 heteroatoms. The summed E-state index contributed by atoms with van der Waals surface area (Å²) in [6, 6.07) is 23.6. The minimum absolute atomic E-state index is 0.403. The number of H-pyrrole nitrogens is 1. The van der Waals surface area contributed by atoms with E-state index >= 15 is 0 Å². The SMILES string of the molecule is CCc1cc(OCc2ccc(-c3ccccc3-c3nn[nH]n3)cc2)c2cc(C=O)ccc2n1. The summed E-state index contributed by atoms with van der Waals surface area (Å²) in [5.41, 5.74) is 6.40. The van der Waals surface area contributed by atoms with Crippen LogP contribution in [0.3, 0.4) is 0 Å². The first-order valence-electron chi connectivity index (χ1n) is 10.7. The Labute approximate surface area is 190 Å². The van der Waals surface area contributed by atoms with Crippen molar-refractivity contribution in [2.24, 2.45) is 0 Å². The summed E-state index contributed by atoms with van der Waals surface area (Å²) in [5, 5.41) is 15.2. The van der Waals surface area contributed by atoms with Gasteiger partial charge >= 0.3 is 0 Å². The fraction of sp³-hybridized carbons (Fsp3) is 0.115. The van der Waals surface area contributed by atoms with Crippen molar-refractivity contribution >= 4 is 17.2 Å². The molecule has 0 saturated heterocycles. The molecule has 33 heavy (non-hydrogen) atoms. The maximum atomic E-state index is 11.2. The number of carbonyl (C=O) groups excluding carboxylic acids is 1. The first-order chi connectivity index (χ1) is 16.2. The van der Waals surface area contributed by atoms with Gasteiger partial charge in [-0.2, -0.15) is 5.21 Å². The molecule has 2 aromatic heterocycles. The molecule has 2 heterocycles. The van der Waals surface area contributed by atoms with E-state index < -0.39 is 0 Å². The van der Waals surface area contributed by atoms with Crippen molar-refractivity contribution in [3.05, 3.63) is 89.6 Å². The van der Waals surface area contributed by atoms with Crippen LogP contribution in [0.25, 0.3) is 33.4 Å². The summed E-state index contributed by atoms with van der Waals surface area (Å²) in [4.78, 5) is 15.9. The molecule has 0 radical (unpaired) electrons. The monoisotopic (exact) mass is 435 g/mol. The largest absolute Gasteiger partial charge is 0.488 e. The molecule has 0 atom stereocenters. The van der Waals surface area contributed by atoms with Gasteiger partial charge in [0.05, 0.1) is 5.52 Å². The number of tetrazole rings is 1. The molecule has 0 spiro atoms. The Kier molecular flexibility index (Phi) is 5.59. The minimum atomic E-state index is 0.403. The molecule has 5 rings (SSSR count). The van der Waals surface area contributed by atoms with Gasteiger partial charge in [0.1, 0.15) is 18.6 Å². The Morgan fingerprint density at radius 1 is 0.970 bits per heavy atom. The van der Waals surface area contributed by atoms with E-state index in [1.807, 2.05) is 54.6 Å². The molecule has 162 valence electrons. The van der Waals surface area contributed by atoms with Gasteiger partial charge in [0.25, 0.3) is 0 Å². The molecule has 0 fully saturated rings. The van der Waals surface area contributed by atoms with Crippen molar-refractivity contribution in [2.45, 2.75) is 20.0 Å². The number of hydrogen-bond donors (Lipinski definition) is 1. The lowest BCUT2D eigenvalue weighted by Crippen LogP contribution is -1.99. The van der Waals surface area contributed by atoms with Gasteiger partial charge in [-0.25, -0.2) is 0 Å². The summed E-state index contributed by atoms with van der Waals surface area (Å²) in [7, 11) is 0. The molecule has 0 aliphatic rings. The van der Waals surface area contributed by atoms with Gasteiger partial charge in [0, 0.05) is 28.3 Å². The van der Waals surface area contributed by atoms with E-state index in [4.69, 9.17) is 4.74 Å². The van der Waals surface area contributed by atoms with Crippen LogP contribution in [0.2, 0.25) is 0 Å². The van der Waals surface area contributed by atoms with Gasteiger partial charge in [-0.3, -0.25) is 9.78 Å². The molecule has 7 nitrogen and oxygen atoms in total. The summed E-state index contributed by atoms with van der Waals surface area (Å²) >= 11 is 0. The number of benzene rings is 3. The zero-order valence-corrected chi connectivity index (χ0v) is 18.0. The number of fused-ring (bicyclic) bond motifs is 1. The Hall–Kier alpha value is -4.39. The lowest BCUT2D eigenvalue weighted by atomic mass is 9.98. The molecule has 0 aliphatic heterocycles. The van der Waals surface area contributed by atoms with E-state index in [0.717, 1.165) is 57.3 Å². The predicted octanol–water partition coefficient (Wildman–Crippen LogP) is 5.04. The van der Waals surface area contributed by atoms with Crippen LogP contribution in [0.15, 0.2) is 72.8 Å². The Bertz CT molecular complexity index is 1410. The number of aldehydes is 1. The van der Waals surface area contributed by atoms with Crippen LogP contribution in [-0.4, -0.2) is 31.9 Å². The minimum Gasteiger partial charge on any atom is -0.488 e. The van der Waals surface area contributed by atoms with Gasteiger partial charge in [0.2, 0.25) is 5.82 Å². The number of carbonyl (C=O) groups is 1. The summed E-state index contributed by atoms with van der Waals surface area (Å²) in [5.74, 6) is 1.29. The number of hydrogen-bond acceptors (Lipinski definition) is 6. The second-order valence-corrected chi connectivity index (χ2v) is 7.63. The molecular weight excluding hydrogens is 414 g/mol. The van der Waals surface area contributed by atoms with E-state index in [2.05, 4.69) is 44.7 Å². The highest BCUT2D eigenvalue weighted by atomic mass is 16.5. The number of nitrogens with one attached hydrogen (secondary N) is 1. The van der Waals surface area contributed by atoms with Crippen molar-refractivity contribution in [1.82, 2.24) is 25.6 Å². The first kappa shape index (κ1) is 20.5. The van der Waals surface area contributed by atoms with Crippen LogP contribution in [-0.2, 0) is 13.0 Å². The smallest absolute Gasteiger partial charge is 0.205 e. The Morgan fingerprint density at radius 2 is 1.79 bits per heavy atom. The van der Waals surface area contributed by atoms with E-state index in [9.17, 15) is 4.79 Å². The van der Waals surface area contributed by atoms with Crippen LogP contribution >= 0.6 is 0 Å². The highest BCUT2D eigenvalue weighted by Gasteiger charge is 2.11. The third-order valence-corrected chi connectivity index (χ3v) is 5.52. The molecule has 1 N–H and O–H groups in total. The second kappa shape index (κ2) is 9.00. The first-order valence-corrected chi connectivity index (χ1v) is 10.7. The van der Waals surface area contributed by atoms with Crippen molar-refractivity contribution in [3.8, 4) is 28.3 Å². The van der Waals surface area contributed by atoms with Crippen molar-refractivity contribution in [3.63, 3.8) is 0 Å². The molecule has 5 aromatic rings. The zero-order chi connectivity index (χ0) is 22.6. The number of aryl methyl sites for hydroxylation is 1. The van der Waals surface area contributed by atoms with E-state index in [1.165, 1.54) is 0 Å². The van der Waals surface area contributed by atoms with E-state index in [0.29, 0.717) is 18.0 Å². The number of aromatic nitrogens is 5. The quantitative estimate of drug-likeness (QED) is 0.360. The lowest BCUT2D eigenvalue weighted by molar-refractivity contribution is 0.112. The number of ether oxygens (including phenoxy) is 1. The standard InChI is InChI=1S/C26H21N5O2/c1-2-20-14-25(23-13-18(15-32)9-12-24(23)27-20)33-16-17-7-10-19(11-8-17)21-5-3-4-6-22(21)26-28-30-31-29-26/h3-15H,2,16H2,1H3,(H,28,29,30,31). The van der Waals surface area contributed by atoms with Gasteiger partial charge in [-0.1, -0.05) is 55.5 Å². The van der Waals surface area contributed by atoms with Crippen LogP contribution < -0.4 is 4.74 Å². The van der Waals surface area contributed by atoms with Crippen molar-refractivity contribution in [1.29, 1.82) is 0 Å². The van der Waals surface area contributed by atoms with Gasteiger partial charge < -0.3 is 4.74 Å². The molecule has 0 bridgehead atoms. The highest BCUT2D eigenvalue weighted by molar-refractivity contribution is 5.91. The molecule has 0 unspecified atom stereocenters. The summed E-state index contributed by atoms with van der Waals surface area (Å²) < 4.78 is 6.19. The fourth-order valence-corrected chi connectivity index (χ4v) is 3.79. The predicted molar refractivity (Wildman–Crippen MR) is 126 cm³/mol. The normalized spacial score (nSPS) is 10.9. The molecular formula is C26H21N5O2. The van der Waals surface area contributed by atoms with Crippen molar-refractivity contribution in [2.75, 3.05) is 0 Å². The number of pyridine rings is 1. The number of rotatable bonds is 7. The van der Waals surface area contributed by atoms with Gasteiger partial charge in [0.15, 0.2) is 0 Å². The average Bonchev–Trinajstić information content (AvgIpc) is 3.42. The van der Waals surface area contributed by atoms with E-state index in [-0.39, 0.29) is 0 Å². The third-order valence-electron chi connectivity index (χ3n) is 5.52. The summed E-state index contributed by atoms with van der Waals surface area (Å²) in [6.45, 7) is 2.46. The molecule has 3 aromatic carbocycles. The lowest BCUT2D eigenvalue weighted by Gasteiger charge is -2.12. The topological polar surface area (TPSA) is 93.7 Å². The molecule has 0 saturated carbocycles. The molecule has 0 aliphatic carbocycles. The number of nitrogens with zero attached hydrogens (tertiary/aromatic N) is 4. The zero-order valence-electron chi connectivity index (χ0n) is 18.0. The maximum absolute atomic E-state index is 11.2. The maximum Gasteiger partial charge on any atom is 0.205 e. The van der Waals surface area contributed by atoms with Crippen LogP contribution in [0.5, 0.6) is 5.75 Å². The van der Waals surface area contributed by atoms with Crippen LogP contribution in [0.1, 0.15) is 28.5 Å². The Morgan fingerprint density at radius 3 is 2.52 bits per heavy atom. The van der Waals surface area contributed by atoms with Crippen molar-refractivity contribution < 1.29 is 9.53 Å². The van der Waals surface area contributed by atoms with Crippen LogP contribution in [0, 0.1) is 0 Å². The number of aromatic amines is 1. The third kappa shape index (κ3) is 4.21. The Balaban J connectivity index is 1.40.